The molecule has 0 aliphatic carbocycles. The fourth-order valence-electron chi connectivity index (χ4n) is 3.14. The molecule has 1 aromatic carbocycles. The molecule has 1 saturated heterocycles. The molecule has 7 nitrogen and oxygen atoms in total. The average molecular weight is 398 g/mol. The van der Waals surface area contributed by atoms with Crippen molar-refractivity contribution in [3.8, 4) is 10.6 Å². The van der Waals surface area contributed by atoms with Gasteiger partial charge in [0.15, 0.2) is 0 Å². The van der Waals surface area contributed by atoms with E-state index in [4.69, 9.17) is 4.42 Å². The van der Waals surface area contributed by atoms with Crippen LogP contribution in [0, 0.1) is 6.92 Å². The van der Waals surface area contributed by atoms with Crippen LogP contribution in [-0.4, -0.2) is 52.2 Å². The Morgan fingerprint density at radius 1 is 1.18 bits per heavy atom. The van der Waals surface area contributed by atoms with Gasteiger partial charge in [0.05, 0.1) is 0 Å². The van der Waals surface area contributed by atoms with Crippen molar-refractivity contribution in [1.82, 2.24) is 20.1 Å². The molecule has 3 heterocycles. The molecule has 2 aromatic heterocycles. The van der Waals surface area contributed by atoms with E-state index in [-0.39, 0.29) is 11.8 Å². The number of aromatic nitrogens is 3. The first-order valence-corrected chi connectivity index (χ1v) is 10.3. The molecule has 8 heteroatoms. The second-order valence-corrected chi connectivity index (χ2v) is 8.09. The van der Waals surface area contributed by atoms with Crippen molar-refractivity contribution in [1.29, 1.82) is 0 Å². The zero-order valence-electron chi connectivity index (χ0n) is 16.3. The topological polar surface area (TPSA) is 75.4 Å². The molecule has 1 aliphatic heterocycles. The van der Waals surface area contributed by atoms with Crippen LogP contribution in [0.2, 0.25) is 0 Å². The molecular formula is C20H23N5O2S. The average Bonchev–Trinajstić information content (AvgIpc) is 3.37. The Morgan fingerprint density at radius 2 is 1.96 bits per heavy atom. The molecule has 146 valence electrons. The molecule has 0 saturated carbocycles. The predicted molar refractivity (Wildman–Crippen MR) is 109 cm³/mol. The molecule has 0 N–H and O–H groups in total. The van der Waals surface area contributed by atoms with E-state index < -0.39 is 0 Å². The highest BCUT2D eigenvalue weighted by Gasteiger charge is 2.25. The lowest BCUT2D eigenvalue weighted by molar-refractivity contribution is 0.0745. The van der Waals surface area contributed by atoms with Gasteiger partial charge >= 0.3 is 6.01 Å². The first-order chi connectivity index (χ1) is 13.5. The van der Waals surface area contributed by atoms with E-state index in [1.165, 1.54) is 0 Å². The summed E-state index contributed by atoms with van der Waals surface area (Å²) >= 11 is 1.59. The van der Waals surface area contributed by atoms with Crippen molar-refractivity contribution in [2.24, 2.45) is 0 Å². The Bertz CT molecular complexity index is 972. The van der Waals surface area contributed by atoms with E-state index >= 15 is 0 Å². The van der Waals surface area contributed by atoms with Crippen LogP contribution in [-0.2, 0) is 0 Å². The molecular weight excluding hydrogens is 374 g/mol. The lowest BCUT2D eigenvalue weighted by atomic mass is 10.1. The van der Waals surface area contributed by atoms with Crippen LogP contribution in [0.1, 0.15) is 41.7 Å². The van der Waals surface area contributed by atoms with Crippen LogP contribution in [0.4, 0.5) is 6.01 Å². The van der Waals surface area contributed by atoms with Gasteiger partial charge in [0.25, 0.3) is 5.91 Å². The van der Waals surface area contributed by atoms with Crippen LogP contribution >= 0.6 is 11.3 Å². The summed E-state index contributed by atoms with van der Waals surface area (Å²) in [7, 11) is 0. The van der Waals surface area contributed by atoms with Gasteiger partial charge in [-0.15, -0.1) is 16.4 Å². The Morgan fingerprint density at radius 3 is 2.61 bits per heavy atom. The SMILES string of the molecule is Cc1csc(-c2cccc(C(=O)N3CCN(c4nnc(C(C)C)o4)CC3)c2)n1. The van der Waals surface area contributed by atoms with Gasteiger partial charge in [0.2, 0.25) is 5.89 Å². The van der Waals surface area contributed by atoms with Gasteiger partial charge in [-0.05, 0) is 19.1 Å². The summed E-state index contributed by atoms with van der Waals surface area (Å²) in [5.41, 5.74) is 2.67. The summed E-state index contributed by atoms with van der Waals surface area (Å²) in [5, 5.41) is 11.2. The minimum absolute atomic E-state index is 0.0446. The number of thiazole rings is 1. The number of hydrogen-bond acceptors (Lipinski definition) is 7. The summed E-state index contributed by atoms with van der Waals surface area (Å²) in [5.74, 6) is 0.893. The molecule has 0 radical (unpaired) electrons. The number of anilines is 1. The molecule has 28 heavy (non-hydrogen) atoms. The number of amides is 1. The van der Waals surface area contributed by atoms with Crippen molar-refractivity contribution in [3.63, 3.8) is 0 Å². The third kappa shape index (κ3) is 3.77. The van der Waals surface area contributed by atoms with Crippen LogP contribution in [0.5, 0.6) is 0 Å². The van der Waals surface area contributed by atoms with Crippen LogP contribution < -0.4 is 4.90 Å². The Labute approximate surface area is 168 Å². The fourth-order valence-corrected chi connectivity index (χ4v) is 3.94. The van der Waals surface area contributed by atoms with Gasteiger partial charge in [-0.3, -0.25) is 4.79 Å². The Kier molecular flexibility index (Phi) is 5.13. The fraction of sp³-hybridized carbons (Fsp3) is 0.400. The van der Waals surface area contributed by atoms with Gasteiger partial charge in [0.1, 0.15) is 5.01 Å². The molecule has 1 aliphatic rings. The monoisotopic (exact) mass is 397 g/mol. The standard InChI is InChI=1S/C20H23N5O2S/c1-13(2)17-22-23-20(27-17)25-9-7-24(8-10-25)19(26)16-6-4-5-15(11-16)18-21-14(3)12-28-18/h4-6,11-13H,7-10H2,1-3H3. The third-order valence-corrected chi connectivity index (χ3v) is 5.75. The second-order valence-electron chi connectivity index (χ2n) is 7.23. The van der Waals surface area contributed by atoms with Crippen LogP contribution in [0.3, 0.4) is 0 Å². The molecule has 1 fully saturated rings. The Balaban J connectivity index is 1.42. The summed E-state index contributed by atoms with van der Waals surface area (Å²) in [6, 6.07) is 8.25. The zero-order chi connectivity index (χ0) is 19.7. The van der Waals surface area contributed by atoms with E-state index in [1.807, 2.05) is 60.2 Å². The smallest absolute Gasteiger partial charge is 0.318 e. The van der Waals surface area contributed by atoms with E-state index in [2.05, 4.69) is 15.2 Å². The molecule has 1 amide bonds. The summed E-state index contributed by atoms with van der Waals surface area (Å²) in [4.78, 5) is 21.4. The largest absolute Gasteiger partial charge is 0.408 e. The lowest BCUT2D eigenvalue weighted by Crippen LogP contribution is -2.49. The summed E-state index contributed by atoms with van der Waals surface area (Å²) < 4.78 is 5.73. The number of carbonyl (C=O) groups excluding carboxylic acids is 1. The minimum atomic E-state index is 0.0446. The van der Waals surface area contributed by atoms with Crippen LogP contribution in [0.15, 0.2) is 34.1 Å². The zero-order valence-corrected chi connectivity index (χ0v) is 17.1. The number of nitrogens with zero attached hydrogens (tertiary/aromatic N) is 5. The number of carbonyl (C=O) groups is 1. The number of aryl methyl sites for hydroxylation is 1. The highest BCUT2D eigenvalue weighted by Crippen LogP contribution is 2.25. The number of benzene rings is 1. The number of piperazine rings is 1. The quantitative estimate of drug-likeness (QED) is 0.670. The third-order valence-electron chi connectivity index (χ3n) is 4.74. The van der Waals surface area contributed by atoms with Crippen molar-refractivity contribution in [3.05, 3.63) is 46.8 Å². The minimum Gasteiger partial charge on any atom is -0.408 e. The van der Waals surface area contributed by atoms with Gasteiger partial charge in [-0.25, -0.2) is 4.98 Å². The maximum atomic E-state index is 13.0. The van der Waals surface area contributed by atoms with Gasteiger partial charge in [-0.2, -0.15) is 0 Å². The summed E-state index contributed by atoms with van der Waals surface area (Å²) in [6.07, 6.45) is 0. The highest BCUT2D eigenvalue weighted by atomic mass is 32.1. The molecule has 0 atom stereocenters. The number of hydrogen-bond donors (Lipinski definition) is 0. The maximum Gasteiger partial charge on any atom is 0.318 e. The van der Waals surface area contributed by atoms with Crippen molar-refractivity contribution in [2.45, 2.75) is 26.7 Å². The van der Waals surface area contributed by atoms with Crippen molar-refractivity contribution in [2.75, 3.05) is 31.1 Å². The van der Waals surface area contributed by atoms with E-state index in [9.17, 15) is 4.79 Å². The first-order valence-electron chi connectivity index (χ1n) is 9.41. The molecule has 0 bridgehead atoms. The van der Waals surface area contributed by atoms with E-state index in [0.29, 0.717) is 43.6 Å². The predicted octanol–water partition coefficient (Wildman–Crippen LogP) is 3.59. The normalized spacial score (nSPS) is 14.7. The van der Waals surface area contributed by atoms with Gasteiger partial charge in [0, 0.05) is 54.3 Å². The van der Waals surface area contributed by atoms with Gasteiger partial charge in [-0.1, -0.05) is 31.1 Å². The first kappa shape index (κ1) is 18.6. The molecule has 4 rings (SSSR count). The molecule has 0 spiro atoms. The number of rotatable bonds is 4. The highest BCUT2D eigenvalue weighted by molar-refractivity contribution is 7.13. The molecule has 3 aromatic rings. The van der Waals surface area contributed by atoms with E-state index in [0.717, 1.165) is 16.3 Å². The van der Waals surface area contributed by atoms with Crippen molar-refractivity contribution < 1.29 is 9.21 Å². The van der Waals surface area contributed by atoms with Crippen molar-refractivity contribution >= 4 is 23.3 Å². The maximum absolute atomic E-state index is 13.0. The summed E-state index contributed by atoms with van der Waals surface area (Å²) in [6.45, 7) is 8.62. The van der Waals surface area contributed by atoms with E-state index in [1.54, 1.807) is 11.3 Å². The van der Waals surface area contributed by atoms with Gasteiger partial charge < -0.3 is 14.2 Å². The Hall–Kier alpha value is -2.74. The van der Waals surface area contributed by atoms with Crippen LogP contribution in [0.25, 0.3) is 10.6 Å². The molecule has 0 unspecified atom stereocenters. The second kappa shape index (κ2) is 7.71. The lowest BCUT2D eigenvalue weighted by Gasteiger charge is -2.33.